The summed E-state index contributed by atoms with van der Waals surface area (Å²) in [6.07, 6.45) is 3.19. The van der Waals surface area contributed by atoms with Crippen molar-refractivity contribution >= 4 is 28.9 Å². The number of carbonyl (C=O) groups is 1. The number of hydrogen-bond acceptors (Lipinski definition) is 5. The summed E-state index contributed by atoms with van der Waals surface area (Å²) in [5.74, 6) is -0.950. The lowest BCUT2D eigenvalue weighted by atomic mass is 10.2. The van der Waals surface area contributed by atoms with Crippen LogP contribution < -0.4 is 0 Å². The normalized spacial score (nSPS) is 10.6. The van der Waals surface area contributed by atoms with Crippen molar-refractivity contribution in [2.75, 3.05) is 0 Å². The highest BCUT2D eigenvalue weighted by atomic mass is 32.2. The molecule has 3 aromatic rings. The summed E-state index contributed by atoms with van der Waals surface area (Å²) in [5.41, 5.74) is 1.52. The second-order valence-corrected chi connectivity index (χ2v) is 5.01. The summed E-state index contributed by atoms with van der Waals surface area (Å²) in [5, 5.41) is 9.85. The van der Waals surface area contributed by atoms with Gasteiger partial charge < -0.3 is 5.11 Å². The first-order valence-corrected chi connectivity index (χ1v) is 6.63. The molecule has 0 radical (unpaired) electrons. The molecule has 2 aromatic heterocycles. The molecule has 1 aromatic carbocycles. The summed E-state index contributed by atoms with van der Waals surface area (Å²) < 4.78 is 0. The highest BCUT2D eigenvalue weighted by Crippen LogP contribution is 2.29. The third-order valence-electron chi connectivity index (χ3n) is 2.64. The number of fused-ring (bicyclic) bond motifs is 1. The van der Waals surface area contributed by atoms with Crippen molar-refractivity contribution in [2.45, 2.75) is 9.92 Å². The van der Waals surface area contributed by atoms with E-state index in [-0.39, 0.29) is 5.56 Å². The Labute approximate surface area is 118 Å². The zero-order valence-electron chi connectivity index (χ0n) is 10.2. The molecule has 0 unspecified atom stereocenters. The summed E-state index contributed by atoms with van der Waals surface area (Å²) in [6, 6.07) is 10.5. The Bertz CT molecular complexity index is 792. The fourth-order valence-electron chi connectivity index (χ4n) is 1.74. The summed E-state index contributed by atoms with van der Waals surface area (Å²) >= 11 is 1.30. The van der Waals surface area contributed by atoms with Gasteiger partial charge in [-0.1, -0.05) is 23.9 Å². The van der Waals surface area contributed by atoms with Crippen LogP contribution in [0.2, 0.25) is 0 Å². The van der Waals surface area contributed by atoms with E-state index < -0.39 is 5.97 Å². The fraction of sp³-hybridized carbons (Fsp3) is 0. The van der Waals surface area contributed by atoms with Gasteiger partial charge in [-0.2, -0.15) is 0 Å². The third kappa shape index (κ3) is 2.46. The van der Waals surface area contributed by atoms with E-state index in [0.29, 0.717) is 21.1 Å². The van der Waals surface area contributed by atoms with Gasteiger partial charge in [0.25, 0.3) is 0 Å². The molecule has 0 aliphatic carbocycles. The maximum Gasteiger partial charge on any atom is 0.336 e. The molecular weight excluding hydrogens is 274 g/mol. The van der Waals surface area contributed by atoms with E-state index in [0.717, 1.165) is 0 Å². The molecule has 0 fully saturated rings. The van der Waals surface area contributed by atoms with E-state index in [4.69, 9.17) is 5.11 Å². The van der Waals surface area contributed by atoms with Crippen molar-refractivity contribution in [3.63, 3.8) is 0 Å². The minimum atomic E-state index is -0.950. The molecule has 0 bridgehead atoms. The molecule has 0 aliphatic heterocycles. The van der Waals surface area contributed by atoms with Crippen LogP contribution in [0.25, 0.3) is 11.2 Å². The molecule has 2 heterocycles. The lowest BCUT2D eigenvalue weighted by Crippen LogP contribution is -1.98. The topological polar surface area (TPSA) is 76.0 Å². The van der Waals surface area contributed by atoms with Gasteiger partial charge >= 0.3 is 5.97 Å². The van der Waals surface area contributed by atoms with E-state index in [9.17, 15) is 4.79 Å². The summed E-state index contributed by atoms with van der Waals surface area (Å²) in [6.45, 7) is 0. The Morgan fingerprint density at radius 1 is 1.05 bits per heavy atom. The third-order valence-corrected chi connectivity index (χ3v) is 3.65. The SMILES string of the molecule is O=C(O)c1ccccc1Sc1ccc2nccnc2n1. The van der Waals surface area contributed by atoms with Gasteiger partial charge in [-0.25, -0.2) is 14.8 Å². The van der Waals surface area contributed by atoms with Crippen LogP contribution >= 0.6 is 11.8 Å². The Kier molecular flexibility index (Phi) is 3.30. The lowest BCUT2D eigenvalue weighted by molar-refractivity contribution is 0.0693. The molecule has 98 valence electrons. The smallest absolute Gasteiger partial charge is 0.336 e. The van der Waals surface area contributed by atoms with Crippen molar-refractivity contribution in [2.24, 2.45) is 0 Å². The number of hydrogen-bond donors (Lipinski definition) is 1. The molecule has 3 rings (SSSR count). The predicted molar refractivity (Wildman–Crippen MR) is 74.9 cm³/mol. The van der Waals surface area contributed by atoms with Crippen LogP contribution in [0, 0.1) is 0 Å². The Morgan fingerprint density at radius 3 is 2.70 bits per heavy atom. The zero-order valence-corrected chi connectivity index (χ0v) is 11.0. The van der Waals surface area contributed by atoms with Gasteiger partial charge in [0.05, 0.1) is 5.56 Å². The molecule has 0 atom stereocenters. The van der Waals surface area contributed by atoms with Gasteiger partial charge in [0.1, 0.15) is 10.5 Å². The van der Waals surface area contributed by atoms with Crippen LogP contribution in [-0.4, -0.2) is 26.0 Å². The van der Waals surface area contributed by atoms with E-state index in [1.54, 1.807) is 42.7 Å². The van der Waals surface area contributed by atoms with Crippen LogP contribution in [0.3, 0.4) is 0 Å². The molecule has 0 saturated carbocycles. The average Bonchev–Trinajstić information content (AvgIpc) is 2.47. The molecule has 1 N–H and O–H groups in total. The molecule has 0 aliphatic rings. The second-order valence-electron chi connectivity index (χ2n) is 3.95. The molecule has 6 heteroatoms. The Balaban J connectivity index is 1.99. The van der Waals surface area contributed by atoms with Gasteiger partial charge in [0, 0.05) is 17.3 Å². The van der Waals surface area contributed by atoms with Gasteiger partial charge in [-0.05, 0) is 24.3 Å². The van der Waals surface area contributed by atoms with Crippen molar-refractivity contribution in [1.82, 2.24) is 15.0 Å². The summed E-state index contributed by atoms with van der Waals surface area (Å²) in [4.78, 5) is 24.5. The quantitative estimate of drug-likeness (QED) is 0.796. The van der Waals surface area contributed by atoms with Crippen molar-refractivity contribution < 1.29 is 9.90 Å². The van der Waals surface area contributed by atoms with Crippen LogP contribution in [0.5, 0.6) is 0 Å². The lowest BCUT2D eigenvalue weighted by Gasteiger charge is -2.05. The fourth-order valence-corrected chi connectivity index (χ4v) is 2.64. The van der Waals surface area contributed by atoms with E-state index in [2.05, 4.69) is 15.0 Å². The molecule has 0 amide bonds. The van der Waals surface area contributed by atoms with Gasteiger partial charge in [-0.3, -0.25) is 4.98 Å². The van der Waals surface area contributed by atoms with Crippen LogP contribution in [0.1, 0.15) is 10.4 Å². The number of pyridine rings is 1. The number of benzene rings is 1. The predicted octanol–water partition coefficient (Wildman–Crippen LogP) is 2.87. The van der Waals surface area contributed by atoms with E-state index in [1.165, 1.54) is 11.8 Å². The van der Waals surface area contributed by atoms with Gasteiger partial charge in [0.15, 0.2) is 5.65 Å². The van der Waals surface area contributed by atoms with Crippen LogP contribution in [-0.2, 0) is 0 Å². The number of aromatic carboxylic acids is 1. The number of nitrogens with zero attached hydrogens (tertiary/aromatic N) is 3. The number of rotatable bonds is 3. The maximum absolute atomic E-state index is 11.2. The summed E-state index contributed by atoms with van der Waals surface area (Å²) in [7, 11) is 0. The molecule has 20 heavy (non-hydrogen) atoms. The van der Waals surface area contributed by atoms with Gasteiger partial charge in [-0.15, -0.1) is 0 Å². The van der Waals surface area contributed by atoms with Crippen LogP contribution in [0.15, 0.2) is 58.7 Å². The Hall–Kier alpha value is -2.47. The van der Waals surface area contributed by atoms with Crippen molar-refractivity contribution in [3.05, 3.63) is 54.4 Å². The minimum absolute atomic E-state index is 0.263. The Morgan fingerprint density at radius 2 is 1.85 bits per heavy atom. The highest BCUT2D eigenvalue weighted by Gasteiger charge is 2.11. The van der Waals surface area contributed by atoms with Crippen molar-refractivity contribution in [1.29, 1.82) is 0 Å². The van der Waals surface area contributed by atoms with E-state index in [1.807, 2.05) is 6.07 Å². The maximum atomic E-state index is 11.2. The van der Waals surface area contributed by atoms with Gasteiger partial charge in [0.2, 0.25) is 0 Å². The van der Waals surface area contributed by atoms with E-state index >= 15 is 0 Å². The molecule has 0 saturated heterocycles. The standard InChI is InChI=1S/C14H9N3O2S/c18-14(19)9-3-1-2-4-11(9)20-12-6-5-10-13(17-12)16-8-7-15-10/h1-8H,(H,18,19). The minimum Gasteiger partial charge on any atom is -0.478 e. The highest BCUT2D eigenvalue weighted by molar-refractivity contribution is 7.99. The first-order chi connectivity index (χ1) is 9.74. The average molecular weight is 283 g/mol. The first kappa shape index (κ1) is 12.6. The largest absolute Gasteiger partial charge is 0.478 e. The number of carboxylic acids is 1. The monoisotopic (exact) mass is 283 g/mol. The number of aromatic nitrogens is 3. The van der Waals surface area contributed by atoms with Crippen LogP contribution in [0.4, 0.5) is 0 Å². The second kappa shape index (κ2) is 5.26. The number of carboxylic acid groups (broad SMARTS) is 1. The first-order valence-electron chi connectivity index (χ1n) is 5.82. The molecular formula is C14H9N3O2S. The zero-order chi connectivity index (χ0) is 13.9. The van der Waals surface area contributed by atoms with Crippen molar-refractivity contribution in [3.8, 4) is 0 Å². The molecule has 5 nitrogen and oxygen atoms in total. The molecule has 0 spiro atoms.